The molecule has 2 aliphatic heterocycles. The molecule has 0 aliphatic carbocycles. The molecule has 1 N–H and O–H groups in total. The van der Waals surface area contributed by atoms with Crippen LogP contribution >= 0.6 is 11.6 Å². The number of carbonyl (C=O) groups excluding carboxylic acids is 3. The first kappa shape index (κ1) is 16.7. The highest BCUT2D eigenvalue weighted by Crippen LogP contribution is 2.28. The Kier molecular flexibility index (Phi) is 4.73. The SMILES string of the molecule is CN1CC(=O)N(CC(=O)N2CCNCC2c2ccccc2Cl)C1=O. The van der Waals surface area contributed by atoms with E-state index in [4.69, 9.17) is 11.6 Å². The average Bonchev–Trinajstić information content (AvgIpc) is 2.81. The number of likely N-dealkylation sites (N-methyl/N-ethyl adjacent to an activating group) is 1. The Morgan fingerprint density at radius 2 is 2.08 bits per heavy atom. The lowest BCUT2D eigenvalue weighted by Gasteiger charge is -2.37. The predicted molar refractivity (Wildman–Crippen MR) is 88.5 cm³/mol. The molecule has 2 heterocycles. The molecule has 0 aromatic heterocycles. The maximum atomic E-state index is 12.7. The lowest BCUT2D eigenvalue weighted by molar-refractivity contribution is -0.139. The third kappa shape index (κ3) is 3.09. The molecule has 2 saturated heterocycles. The summed E-state index contributed by atoms with van der Waals surface area (Å²) in [5.41, 5.74) is 0.857. The number of rotatable bonds is 3. The Hall–Kier alpha value is -2.12. The number of imide groups is 1. The fraction of sp³-hybridized carbons (Fsp3) is 0.438. The van der Waals surface area contributed by atoms with Crippen LogP contribution in [0.3, 0.4) is 0 Å². The molecule has 3 rings (SSSR count). The maximum Gasteiger partial charge on any atom is 0.327 e. The molecular formula is C16H19ClN4O3. The van der Waals surface area contributed by atoms with Crippen molar-refractivity contribution in [2.24, 2.45) is 0 Å². The van der Waals surface area contributed by atoms with Crippen LogP contribution in [0.1, 0.15) is 11.6 Å². The Bertz CT molecular complexity index is 681. The summed E-state index contributed by atoms with van der Waals surface area (Å²) < 4.78 is 0. The summed E-state index contributed by atoms with van der Waals surface area (Å²) in [4.78, 5) is 40.6. The average molecular weight is 351 g/mol. The highest BCUT2D eigenvalue weighted by Gasteiger charge is 2.37. The van der Waals surface area contributed by atoms with E-state index in [1.54, 1.807) is 18.0 Å². The third-order valence-electron chi connectivity index (χ3n) is 4.35. The number of hydrogen-bond donors (Lipinski definition) is 1. The molecule has 1 aromatic carbocycles. The van der Waals surface area contributed by atoms with Gasteiger partial charge >= 0.3 is 6.03 Å². The summed E-state index contributed by atoms with van der Waals surface area (Å²) in [5, 5.41) is 3.85. The normalized spacial score (nSPS) is 21.6. The molecule has 8 heteroatoms. The maximum absolute atomic E-state index is 12.7. The van der Waals surface area contributed by atoms with Gasteiger partial charge < -0.3 is 15.1 Å². The standard InChI is InChI=1S/C16H19ClN4O3/c1-19-9-14(22)21(16(19)24)10-15(23)20-7-6-18-8-13(20)11-4-2-3-5-12(11)17/h2-5,13,18H,6-10H2,1H3. The van der Waals surface area contributed by atoms with Gasteiger partial charge in [0, 0.05) is 31.7 Å². The number of carbonyl (C=O) groups is 3. The van der Waals surface area contributed by atoms with Gasteiger partial charge in [0.1, 0.15) is 13.1 Å². The first-order chi connectivity index (χ1) is 11.5. The van der Waals surface area contributed by atoms with Crippen LogP contribution in [0, 0.1) is 0 Å². The molecule has 0 bridgehead atoms. The van der Waals surface area contributed by atoms with Gasteiger partial charge in [-0.1, -0.05) is 29.8 Å². The van der Waals surface area contributed by atoms with Crippen LogP contribution in [-0.4, -0.2) is 72.3 Å². The summed E-state index contributed by atoms with van der Waals surface area (Å²) in [5.74, 6) is -0.598. The molecule has 1 unspecified atom stereocenters. The van der Waals surface area contributed by atoms with E-state index in [2.05, 4.69) is 5.32 Å². The van der Waals surface area contributed by atoms with Gasteiger partial charge in [-0.05, 0) is 11.6 Å². The van der Waals surface area contributed by atoms with Gasteiger partial charge in [-0.2, -0.15) is 0 Å². The van der Waals surface area contributed by atoms with Gasteiger partial charge in [0.25, 0.3) is 5.91 Å². The Morgan fingerprint density at radius 3 is 2.75 bits per heavy atom. The molecule has 1 atom stereocenters. The van der Waals surface area contributed by atoms with E-state index in [9.17, 15) is 14.4 Å². The Balaban J connectivity index is 1.78. The summed E-state index contributed by atoms with van der Waals surface area (Å²) in [6.07, 6.45) is 0. The van der Waals surface area contributed by atoms with Crippen molar-refractivity contribution in [1.82, 2.24) is 20.0 Å². The first-order valence-electron chi connectivity index (χ1n) is 7.79. The topological polar surface area (TPSA) is 73.0 Å². The number of hydrogen-bond acceptors (Lipinski definition) is 4. The van der Waals surface area contributed by atoms with E-state index < -0.39 is 6.03 Å². The molecule has 7 nitrogen and oxygen atoms in total. The summed E-state index contributed by atoms with van der Waals surface area (Å²) in [7, 11) is 1.54. The van der Waals surface area contributed by atoms with Crippen molar-refractivity contribution in [2.75, 3.05) is 39.8 Å². The zero-order valence-electron chi connectivity index (χ0n) is 13.4. The number of nitrogens with zero attached hydrogens (tertiary/aromatic N) is 3. The second-order valence-corrected chi connectivity index (χ2v) is 6.35. The summed E-state index contributed by atoms with van der Waals surface area (Å²) in [6, 6.07) is 6.74. The number of halogens is 1. The van der Waals surface area contributed by atoms with Crippen LogP contribution in [0.15, 0.2) is 24.3 Å². The van der Waals surface area contributed by atoms with Crippen molar-refractivity contribution in [2.45, 2.75) is 6.04 Å². The van der Waals surface area contributed by atoms with Crippen LogP contribution in [0.25, 0.3) is 0 Å². The van der Waals surface area contributed by atoms with Gasteiger partial charge in [0.05, 0.1) is 6.04 Å². The minimum atomic E-state index is -0.433. The number of benzene rings is 1. The molecule has 24 heavy (non-hydrogen) atoms. The minimum Gasteiger partial charge on any atom is -0.331 e. The highest BCUT2D eigenvalue weighted by atomic mass is 35.5. The van der Waals surface area contributed by atoms with Crippen LogP contribution < -0.4 is 5.32 Å². The summed E-state index contributed by atoms with van der Waals surface area (Å²) >= 11 is 6.27. The molecule has 1 aromatic rings. The fourth-order valence-corrected chi connectivity index (χ4v) is 3.34. The van der Waals surface area contributed by atoms with Crippen LogP contribution in [0.5, 0.6) is 0 Å². The summed E-state index contributed by atoms with van der Waals surface area (Å²) in [6.45, 7) is 1.52. The second-order valence-electron chi connectivity index (χ2n) is 5.95. The number of amides is 4. The molecule has 128 valence electrons. The fourth-order valence-electron chi connectivity index (χ4n) is 3.08. The lowest BCUT2D eigenvalue weighted by atomic mass is 10.0. The lowest BCUT2D eigenvalue weighted by Crippen LogP contribution is -2.52. The van der Waals surface area contributed by atoms with Crippen molar-refractivity contribution < 1.29 is 14.4 Å². The van der Waals surface area contributed by atoms with Crippen molar-refractivity contribution in [3.8, 4) is 0 Å². The largest absolute Gasteiger partial charge is 0.331 e. The van der Waals surface area contributed by atoms with Gasteiger partial charge in [0.2, 0.25) is 5.91 Å². The third-order valence-corrected chi connectivity index (χ3v) is 4.70. The predicted octanol–water partition coefficient (Wildman–Crippen LogP) is 0.707. The van der Waals surface area contributed by atoms with E-state index in [0.717, 1.165) is 10.5 Å². The Morgan fingerprint density at radius 1 is 1.33 bits per heavy atom. The highest BCUT2D eigenvalue weighted by molar-refractivity contribution is 6.31. The van der Waals surface area contributed by atoms with Crippen LogP contribution in [-0.2, 0) is 9.59 Å². The van der Waals surface area contributed by atoms with E-state index in [1.807, 2.05) is 18.2 Å². The van der Waals surface area contributed by atoms with Crippen LogP contribution in [0.2, 0.25) is 5.02 Å². The van der Waals surface area contributed by atoms with Gasteiger partial charge in [0.15, 0.2) is 0 Å². The van der Waals surface area contributed by atoms with Crippen molar-refractivity contribution in [3.05, 3.63) is 34.9 Å². The van der Waals surface area contributed by atoms with E-state index in [0.29, 0.717) is 24.7 Å². The van der Waals surface area contributed by atoms with E-state index in [-0.39, 0.29) is 30.9 Å². The smallest absolute Gasteiger partial charge is 0.327 e. The van der Waals surface area contributed by atoms with Gasteiger partial charge in [-0.15, -0.1) is 0 Å². The quantitative estimate of drug-likeness (QED) is 0.815. The Labute approximate surface area is 145 Å². The minimum absolute atomic E-state index is 0.0155. The zero-order chi connectivity index (χ0) is 17.3. The molecule has 2 aliphatic rings. The second kappa shape index (κ2) is 6.78. The van der Waals surface area contributed by atoms with Gasteiger partial charge in [-0.3, -0.25) is 14.5 Å². The van der Waals surface area contributed by atoms with Gasteiger partial charge in [-0.25, -0.2) is 4.79 Å². The van der Waals surface area contributed by atoms with E-state index in [1.165, 1.54) is 4.90 Å². The number of nitrogens with one attached hydrogen (secondary N) is 1. The van der Waals surface area contributed by atoms with Crippen molar-refractivity contribution in [3.63, 3.8) is 0 Å². The molecule has 2 fully saturated rings. The molecule has 0 spiro atoms. The molecular weight excluding hydrogens is 332 g/mol. The number of urea groups is 1. The first-order valence-corrected chi connectivity index (χ1v) is 8.17. The van der Waals surface area contributed by atoms with Crippen molar-refractivity contribution >= 4 is 29.4 Å². The molecule has 0 saturated carbocycles. The monoisotopic (exact) mass is 350 g/mol. The zero-order valence-corrected chi connectivity index (χ0v) is 14.1. The van der Waals surface area contributed by atoms with Crippen molar-refractivity contribution in [1.29, 1.82) is 0 Å². The number of piperazine rings is 1. The van der Waals surface area contributed by atoms with Crippen LogP contribution in [0.4, 0.5) is 4.79 Å². The molecule has 4 amide bonds. The molecule has 0 radical (unpaired) electrons. The van der Waals surface area contributed by atoms with E-state index >= 15 is 0 Å².